The smallest absolute Gasteiger partial charge is 0.388 e. The average molecular weight is 335 g/mol. The Bertz CT molecular complexity index is 545. The van der Waals surface area contributed by atoms with Gasteiger partial charge in [-0.1, -0.05) is 31.5 Å². The van der Waals surface area contributed by atoms with Crippen molar-refractivity contribution in [1.82, 2.24) is 9.97 Å². The van der Waals surface area contributed by atoms with E-state index in [4.69, 9.17) is 11.6 Å². The first-order valence-electron chi connectivity index (χ1n) is 6.52. The number of rotatable bonds is 1. The maximum absolute atomic E-state index is 11.7. The fourth-order valence-electron chi connectivity index (χ4n) is 1.21. The number of hydrogen-bond donors (Lipinski definition) is 0. The lowest BCUT2D eigenvalue weighted by Crippen LogP contribution is -2.18. The summed E-state index contributed by atoms with van der Waals surface area (Å²) in [4.78, 5) is 7.27. The van der Waals surface area contributed by atoms with Gasteiger partial charge < -0.3 is 4.74 Å². The molecule has 0 fully saturated rings. The van der Waals surface area contributed by atoms with Gasteiger partial charge in [0.15, 0.2) is 0 Å². The molecule has 2 rings (SSSR count). The van der Waals surface area contributed by atoms with E-state index in [2.05, 4.69) is 14.7 Å². The molecular formula is C15H18ClF3N2O. The van der Waals surface area contributed by atoms with Gasteiger partial charge in [0.1, 0.15) is 0 Å². The van der Waals surface area contributed by atoms with Crippen LogP contribution in [-0.4, -0.2) is 16.3 Å². The number of hydrogen-bond acceptors (Lipinski definition) is 3. The van der Waals surface area contributed by atoms with E-state index < -0.39 is 12.2 Å². The molecule has 122 valence electrons. The van der Waals surface area contributed by atoms with E-state index in [0.29, 0.717) is 10.6 Å². The fraction of sp³-hybridized carbons (Fsp3) is 0.333. The largest absolute Gasteiger partial charge is 0.574 e. The summed E-state index contributed by atoms with van der Waals surface area (Å²) in [6.07, 6.45) is -0.0341. The Kier molecular flexibility index (Phi) is 9.17. The zero-order valence-electron chi connectivity index (χ0n) is 12.8. The van der Waals surface area contributed by atoms with Crippen molar-refractivity contribution >= 4 is 11.6 Å². The molecule has 2 aromatic rings. The van der Waals surface area contributed by atoms with Crippen molar-refractivity contribution in [1.29, 1.82) is 0 Å². The topological polar surface area (TPSA) is 35.0 Å². The fourth-order valence-corrected chi connectivity index (χ4v) is 1.43. The zero-order valence-corrected chi connectivity index (χ0v) is 13.5. The van der Waals surface area contributed by atoms with Crippen LogP contribution in [0.25, 0.3) is 0 Å². The summed E-state index contributed by atoms with van der Waals surface area (Å²) in [5.41, 5.74) is 1.45. The van der Waals surface area contributed by atoms with Gasteiger partial charge in [0.05, 0.1) is 5.02 Å². The minimum absolute atomic E-state index is 0.356. The Morgan fingerprint density at radius 3 is 2.18 bits per heavy atom. The van der Waals surface area contributed by atoms with Crippen molar-refractivity contribution in [3.05, 3.63) is 52.9 Å². The summed E-state index contributed by atoms with van der Waals surface area (Å²) in [5.74, 6) is -0.398. The van der Waals surface area contributed by atoms with E-state index in [9.17, 15) is 13.2 Å². The number of pyridine rings is 2. The van der Waals surface area contributed by atoms with Crippen molar-refractivity contribution in [2.75, 3.05) is 0 Å². The Morgan fingerprint density at radius 2 is 1.77 bits per heavy atom. The van der Waals surface area contributed by atoms with E-state index in [-0.39, 0.29) is 0 Å². The molecular weight excluding hydrogens is 317 g/mol. The third kappa shape index (κ3) is 9.18. The molecule has 0 spiro atoms. The highest BCUT2D eigenvalue weighted by Gasteiger charge is 2.32. The molecule has 3 nitrogen and oxygen atoms in total. The standard InChI is InChI=1S/C7H6F3NO.C6H6ClN.C2H6/c1-5-3-2-4-11-6(5)12-7(8,9)10;1-5-2-6(7)4-8-3-5;1-2/h2-4H,1H3;2-4H,1H3;1-2H3. The van der Waals surface area contributed by atoms with E-state index in [1.807, 2.05) is 26.8 Å². The van der Waals surface area contributed by atoms with Crippen LogP contribution in [0, 0.1) is 13.8 Å². The lowest BCUT2D eigenvalue weighted by molar-refractivity contribution is -0.276. The van der Waals surface area contributed by atoms with Crippen molar-refractivity contribution in [2.45, 2.75) is 34.1 Å². The third-order valence-electron chi connectivity index (χ3n) is 2.02. The summed E-state index contributed by atoms with van der Waals surface area (Å²) in [5, 5.41) is 0.699. The minimum atomic E-state index is -4.67. The quantitative estimate of drug-likeness (QED) is 0.704. The highest BCUT2D eigenvalue weighted by atomic mass is 35.5. The monoisotopic (exact) mass is 334 g/mol. The molecule has 0 unspecified atom stereocenters. The Hall–Kier alpha value is -1.82. The van der Waals surface area contributed by atoms with Crippen LogP contribution in [0.1, 0.15) is 25.0 Å². The second kappa shape index (κ2) is 10.00. The SMILES string of the molecule is CC.Cc1cccnc1OC(F)(F)F.Cc1cncc(Cl)c1. The van der Waals surface area contributed by atoms with Gasteiger partial charge in [-0.2, -0.15) is 0 Å². The van der Waals surface area contributed by atoms with Gasteiger partial charge in [0, 0.05) is 24.2 Å². The number of aromatic nitrogens is 2. The maximum Gasteiger partial charge on any atom is 0.574 e. The molecule has 0 N–H and O–H groups in total. The van der Waals surface area contributed by atoms with Crippen molar-refractivity contribution in [2.24, 2.45) is 0 Å². The van der Waals surface area contributed by atoms with E-state index in [1.54, 1.807) is 18.5 Å². The molecule has 0 saturated heterocycles. The second-order valence-corrected chi connectivity index (χ2v) is 4.29. The molecule has 0 radical (unpaired) electrons. The summed E-state index contributed by atoms with van der Waals surface area (Å²) < 4.78 is 38.6. The highest BCUT2D eigenvalue weighted by molar-refractivity contribution is 6.30. The summed E-state index contributed by atoms with van der Waals surface area (Å²) in [6.45, 7) is 7.45. The molecule has 0 aromatic carbocycles. The van der Waals surface area contributed by atoms with Crippen LogP contribution in [0.3, 0.4) is 0 Å². The van der Waals surface area contributed by atoms with Gasteiger partial charge in [-0.25, -0.2) is 4.98 Å². The molecule has 0 bridgehead atoms. The molecule has 0 saturated carbocycles. The van der Waals surface area contributed by atoms with Gasteiger partial charge in [-0.15, -0.1) is 13.2 Å². The van der Waals surface area contributed by atoms with Crippen LogP contribution < -0.4 is 4.74 Å². The lowest BCUT2D eigenvalue weighted by atomic mass is 10.3. The summed E-state index contributed by atoms with van der Waals surface area (Å²) >= 11 is 5.58. The van der Waals surface area contributed by atoms with E-state index >= 15 is 0 Å². The molecule has 0 aliphatic heterocycles. The number of ether oxygens (including phenoxy) is 1. The average Bonchev–Trinajstić information content (AvgIpc) is 2.43. The molecule has 0 aliphatic carbocycles. The number of aryl methyl sites for hydroxylation is 2. The Balaban J connectivity index is 0.000000382. The normalized spacial score (nSPS) is 9.82. The molecule has 2 heterocycles. The Labute approximate surface area is 133 Å². The van der Waals surface area contributed by atoms with Gasteiger partial charge >= 0.3 is 6.36 Å². The summed E-state index contributed by atoms with van der Waals surface area (Å²) in [7, 11) is 0. The molecule has 7 heteroatoms. The number of halogens is 4. The van der Waals surface area contributed by atoms with Crippen LogP contribution >= 0.6 is 11.6 Å². The van der Waals surface area contributed by atoms with Crippen LogP contribution in [0.4, 0.5) is 13.2 Å². The number of alkyl halides is 3. The molecule has 22 heavy (non-hydrogen) atoms. The van der Waals surface area contributed by atoms with Gasteiger partial charge in [0.25, 0.3) is 0 Å². The van der Waals surface area contributed by atoms with Crippen LogP contribution in [0.5, 0.6) is 5.88 Å². The summed E-state index contributed by atoms with van der Waals surface area (Å²) in [6, 6.07) is 4.90. The highest BCUT2D eigenvalue weighted by Crippen LogP contribution is 2.22. The van der Waals surface area contributed by atoms with E-state index in [1.165, 1.54) is 19.2 Å². The number of nitrogens with zero attached hydrogens (tertiary/aromatic N) is 2. The maximum atomic E-state index is 11.7. The predicted molar refractivity (Wildman–Crippen MR) is 81.0 cm³/mol. The van der Waals surface area contributed by atoms with Crippen LogP contribution in [0.15, 0.2) is 36.8 Å². The molecule has 0 amide bonds. The predicted octanol–water partition coefficient (Wildman–Crippen LogP) is 5.36. The van der Waals surface area contributed by atoms with E-state index in [0.717, 1.165) is 5.56 Å². The van der Waals surface area contributed by atoms with Crippen molar-refractivity contribution in [3.63, 3.8) is 0 Å². The minimum Gasteiger partial charge on any atom is -0.388 e. The zero-order chi connectivity index (χ0) is 17.2. The van der Waals surface area contributed by atoms with Gasteiger partial charge in [-0.3, -0.25) is 4.98 Å². The Morgan fingerprint density at radius 1 is 1.14 bits per heavy atom. The van der Waals surface area contributed by atoms with Crippen molar-refractivity contribution < 1.29 is 17.9 Å². The van der Waals surface area contributed by atoms with Crippen molar-refractivity contribution in [3.8, 4) is 5.88 Å². The first-order valence-corrected chi connectivity index (χ1v) is 6.90. The second-order valence-electron chi connectivity index (χ2n) is 3.85. The molecule has 0 atom stereocenters. The van der Waals surface area contributed by atoms with Gasteiger partial charge in [0.2, 0.25) is 5.88 Å². The molecule has 0 aliphatic rings. The first kappa shape index (κ1) is 20.2. The van der Waals surface area contributed by atoms with Crippen LogP contribution in [0.2, 0.25) is 5.02 Å². The lowest BCUT2D eigenvalue weighted by Gasteiger charge is -2.08. The first-order chi connectivity index (χ1) is 10.3. The van der Waals surface area contributed by atoms with Crippen LogP contribution in [-0.2, 0) is 0 Å². The molecule has 2 aromatic heterocycles. The third-order valence-corrected chi connectivity index (χ3v) is 2.22. The van der Waals surface area contributed by atoms with Gasteiger partial charge in [-0.05, 0) is 31.5 Å².